The van der Waals surface area contributed by atoms with Crippen LogP contribution in [0.3, 0.4) is 0 Å². The fourth-order valence-corrected chi connectivity index (χ4v) is 2.76. The van der Waals surface area contributed by atoms with E-state index in [1.54, 1.807) is 18.3 Å². The van der Waals surface area contributed by atoms with Crippen LogP contribution in [0.25, 0.3) is 0 Å². The maximum Gasteiger partial charge on any atom is 0.176 e. The molecule has 0 amide bonds. The molecule has 2 aromatic carbocycles. The molecule has 0 aliphatic carbocycles. The molecule has 1 N–H and O–H groups in total. The molecule has 0 unspecified atom stereocenters. The molecule has 24 heavy (non-hydrogen) atoms. The first-order chi connectivity index (χ1) is 11.7. The number of rotatable bonds is 4. The zero-order valence-electron chi connectivity index (χ0n) is 13.4. The summed E-state index contributed by atoms with van der Waals surface area (Å²) in [5, 5.41) is 9.98. The highest BCUT2D eigenvalue weighted by molar-refractivity contribution is 6.32. The van der Waals surface area contributed by atoms with Crippen LogP contribution in [0.15, 0.2) is 41.4 Å². The maximum absolute atomic E-state index is 9.75. The van der Waals surface area contributed by atoms with Gasteiger partial charge in [-0.05, 0) is 42.0 Å². The molecule has 0 aromatic heterocycles. The van der Waals surface area contributed by atoms with Crippen molar-refractivity contribution < 1.29 is 14.6 Å². The summed E-state index contributed by atoms with van der Waals surface area (Å²) < 4.78 is 10.5. The van der Waals surface area contributed by atoms with Gasteiger partial charge in [-0.25, -0.2) is 0 Å². The Hall–Kier alpha value is -2.24. The van der Waals surface area contributed by atoms with Crippen LogP contribution in [0.5, 0.6) is 11.5 Å². The molecule has 5 nitrogen and oxygen atoms in total. The van der Waals surface area contributed by atoms with Gasteiger partial charge in [0.05, 0.1) is 31.0 Å². The molecule has 2 aromatic rings. The van der Waals surface area contributed by atoms with Gasteiger partial charge in [0.2, 0.25) is 0 Å². The molecule has 0 spiro atoms. The van der Waals surface area contributed by atoms with E-state index < -0.39 is 0 Å². The van der Waals surface area contributed by atoms with Crippen LogP contribution in [-0.4, -0.2) is 44.7 Å². The van der Waals surface area contributed by atoms with E-state index in [4.69, 9.17) is 21.1 Å². The van der Waals surface area contributed by atoms with E-state index in [1.165, 1.54) is 12.8 Å². The molecule has 126 valence electrons. The number of hydrogen-bond donors (Lipinski definition) is 1. The van der Waals surface area contributed by atoms with E-state index in [0.717, 1.165) is 37.6 Å². The number of anilines is 1. The average Bonchev–Trinajstić information content (AvgIpc) is 2.63. The van der Waals surface area contributed by atoms with Gasteiger partial charge in [-0.3, -0.25) is 4.99 Å². The van der Waals surface area contributed by atoms with Crippen molar-refractivity contribution in [3.63, 3.8) is 0 Å². The van der Waals surface area contributed by atoms with Crippen molar-refractivity contribution in [2.75, 3.05) is 38.3 Å². The molecule has 1 fully saturated rings. The highest BCUT2D eigenvalue weighted by Gasteiger charge is 2.11. The number of hydrogen-bond acceptors (Lipinski definition) is 5. The Kier molecular flexibility index (Phi) is 5.23. The Morgan fingerprint density at radius 3 is 2.58 bits per heavy atom. The molecule has 1 aliphatic rings. The number of phenols is 1. The highest BCUT2D eigenvalue weighted by Crippen LogP contribution is 2.34. The number of nitrogens with zero attached hydrogens (tertiary/aromatic N) is 2. The molecule has 1 saturated heterocycles. The van der Waals surface area contributed by atoms with Gasteiger partial charge < -0.3 is 19.5 Å². The van der Waals surface area contributed by atoms with Gasteiger partial charge in [0.25, 0.3) is 0 Å². The zero-order valence-corrected chi connectivity index (χ0v) is 14.2. The number of aromatic hydroxyl groups is 1. The topological polar surface area (TPSA) is 54.3 Å². The Morgan fingerprint density at radius 2 is 1.92 bits per heavy atom. The summed E-state index contributed by atoms with van der Waals surface area (Å²) in [5.41, 5.74) is 2.77. The molecule has 3 rings (SSSR count). The fourth-order valence-electron chi connectivity index (χ4n) is 2.54. The number of morpholine rings is 1. The summed E-state index contributed by atoms with van der Waals surface area (Å²) in [6.07, 6.45) is 1.69. The van der Waals surface area contributed by atoms with E-state index in [2.05, 4.69) is 22.0 Å². The van der Waals surface area contributed by atoms with Crippen molar-refractivity contribution in [2.24, 2.45) is 4.99 Å². The maximum atomic E-state index is 9.75. The predicted molar refractivity (Wildman–Crippen MR) is 96.4 cm³/mol. The minimum Gasteiger partial charge on any atom is -0.503 e. The predicted octanol–water partition coefficient (Wildman–Crippen LogP) is 3.64. The summed E-state index contributed by atoms with van der Waals surface area (Å²) in [4.78, 5) is 6.74. The molecule has 1 aliphatic heterocycles. The standard InChI is InChI=1S/C18H19ClN2O3/c1-23-17-11-13(10-16(19)18(17)22)12-20-14-2-4-15(5-3-14)21-6-8-24-9-7-21/h2-5,10-12,22H,6-9H2,1H3. The molecular weight excluding hydrogens is 328 g/mol. The highest BCUT2D eigenvalue weighted by atomic mass is 35.5. The van der Waals surface area contributed by atoms with E-state index in [-0.39, 0.29) is 10.8 Å². The van der Waals surface area contributed by atoms with Crippen LogP contribution in [0.2, 0.25) is 5.02 Å². The number of ether oxygens (including phenoxy) is 2. The lowest BCUT2D eigenvalue weighted by Gasteiger charge is -2.28. The Labute approximate surface area is 146 Å². The van der Waals surface area contributed by atoms with Gasteiger partial charge >= 0.3 is 0 Å². The van der Waals surface area contributed by atoms with Crippen molar-refractivity contribution in [2.45, 2.75) is 0 Å². The first-order valence-electron chi connectivity index (χ1n) is 7.70. The number of benzene rings is 2. The normalized spacial score (nSPS) is 15.0. The molecule has 6 heteroatoms. The van der Waals surface area contributed by atoms with Crippen molar-refractivity contribution in [1.82, 2.24) is 0 Å². The molecule has 0 saturated carbocycles. The lowest BCUT2D eigenvalue weighted by Crippen LogP contribution is -2.36. The number of phenolic OH excluding ortho intramolecular Hbond substituents is 1. The lowest BCUT2D eigenvalue weighted by atomic mass is 10.2. The third kappa shape index (κ3) is 3.80. The quantitative estimate of drug-likeness (QED) is 0.859. The van der Waals surface area contributed by atoms with E-state index >= 15 is 0 Å². The molecule has 0 atom stereocenters. The molecule has 1 heterocycles. The summed E-state index contributed by atoms with van der Waals surface area (Å²) in [6, 6.07) is 11.4. The SMILES string of the molecule is COc1cc(C=Nc2ccc(N3CCOCC3)cc2)cc(Cl)c1O. The summed E-state index contributed by atoms with van der Waals surface area (Å²) >= 11 is 5.98. The van der Waals surface area contributed by atoms with Gasteiger partial charge in [-0.2, -0.15) is 0 Å². The number of halogens is 1. The van der Waals surface area contributed by atoms with Crippen LogP contribution < -0.4 is 9.64 Å². The van der Waals surface area contributed by atoms with E-state index in [0.29, 0.717) is 5.75 Å². The number of methoxy groups -OCH3 is 1. The second-order valence-electron chi connectivity index (χ2n) is 5.43. The average molecular weight is 347 g/mol. The minimum atomic E-state index is -0.0637. The summed E-state index contributed by atoms with van der Waals surface area (Å²) in [7, 11) is 1.48. The monoisotopic (exact) mass is 346 g/mol. The van der Waals surface area contributed by atoms with Crippen molar-refractivity contribution in [1.29, 1.82) is 0 Å². The van der Waals surface area contributed by atoms with Gasteiger partial charge in [0.1, 0.15) is 0 Å². The Balaban J connectivity index is 1.73. The van der Waals surface area contributed by atoms with Crippen molar-refractivity contribution in [3.8, 4) is 11.5 Å². The minimum absolute atomic E-state index is 0.0637. The van der Waals surface area contributed by atoms with Crippen LogP contribution in [0.4, 0.5) is 11.4 Å². The third-order valence-electron chi connectivity index (χ3n) is 3.86. The van der Waals surface area contributed by atoms with Crippen LogP contribution in [0.1, 0.15) is 5.56 Å². The summed E-state index contributed by atoms with van der Waals surface area (Å²) in [6.45, 7) is 3.36. The largest absolute Gasteiger partial charge is 0.503 e. The van der Waals surface area contributed by atoms with Gasteiger partial charge in [-0.15, -0.1) is 0 Å². The number of aliphatic imine (C=N–C) groups is 1. The Morgan fingerprint density at radius 1 is 1.21 bits per heavy atom. The van der Waals surface area contributed by atoms with Gasteiger partial charge in [0, 0.05) is 25.0 Å². The molecule has 0 radical (unpaired) electrons. The van der Waals surface area contributed by atoms with E-state index in [1.807, 2.05) is 12.1 Å². The van der Waals surface area contributed by atoms with Crippen LogP contribution >= 0.6 is 11.6 Å². The smallest absolute Gasteiger partial charge is 0.176 e. The third-order valence-corrected chi connectivity index (χ3v) is 4.15. The first kappa shape index (κ1) is 16.6. The second kappa shape index (κ2) is 7.55. The zero-order chi connectivity index (χ0) is 16.9. The van der Waals surface area contributed by atoms with Crippen molar-refractivity contribution >= 4 is 29.2 Å². The molecular formula is C18H19ClN2O3. The van der Waals surface area contributed by atoms with Gasteiger partial charge in [-0.1, -0.05) is 11.6 Å². The molecule has 0 bridgehead atoms. The van der Waals surface area contributed by atoms with Gasteiger partial charge in [0.15, 0.2) is 11.5 Å². The summed E-state index contributed by atoms with van der Waals surface area (Å²) in [5.74, 6) is 0.262. The van der Waals surface area contributed by atoms with Crippen molar-refractivity contribution in [3.05, 3.63) is 47.0 Å². The lowest BCUT2D eigenvalue weighted by molar-refractivity contribution is 0.122. The Bertz CT molecular complexity index is 726. The van der Waals surface area contributed by atoms with E-state index in [9.17, 15) is 5.11 Å². The second-order valence-corrected chi connectivity index (χ2v) is 5.83. The fraction of sp³-hybridized carbons (Fsp3) is 0.278. The van der Waals surface area contributed by atoms with Crippen LogP contribution in [-0.2, 0) is 4.74 Å². The van der Waals surface area contributed by atoms with Crippen LogP contribution in [0, 0.1) is 0 Å². The first-order valence-corrected chi connectivity index (χ1v) is 8.08.